The average molecular weight is 223 g/mol. The minimum Gasteiger partial charge on any atom is -0.383 e. The van der Waals surface area contributed by atoms with E-state index in [9.17, 15) is 0 Å². The second-order valence-electron chi connectivity index (χ2n) is 4.67. The predicted octanol–water partition coefficient (Wildman–Crippen LogP) is 1.07. The van der Waals surface area contributed by atoms with Crippen LogP contribution in [0.1, 0.15) is 19.2 Å². The third-order valence-corrected chi connectivity index (χ3v) is 3.20. The van der Waals surface area contributed by atoms with Crippen molar-refractivity contribution in [1.82, 2.24) is 14.9 Å². The summed E-state index contributed by atoms with van der Waals surface area (Å²) in [4.78, 5) is 4.34. The SMILES string of the molecule is COC[C@H](C)NC[C@H]1CCc2nccn2C1. The van der Waals surface area contributed by atoms with Gasteiger partial charge in [0, 0.05) is 45.1 Å². The van der Waals surface area contributed by atoms with E-state index in [2.05, 4.69) is 28.0 Å². The van der Waals surface area contributed by atoms with Crippen LogP contribution in [0.2, 0.25) is 0 Å². The van der Waals surface area contributed by atoms with Gasteiger partial charge in [0.2, 0.25) is 0 Å². The molecule has 1 N–H and O–H groups in total. The molecule has 1 aromatic rings. The quantitative estimate of drug-likeness (QED) is 0.811. The molecule has 2 heterocycles. The van der Waals surface area contributed by atoms with Crippen LogP contribution in [0.3, 0.4) is 0 Å². The lowest BCUT2D eigenvalue weighted by molar-refractivity contribution is 0.168. The second kappa shape index (κ2) is 5.46. The van der Waals surface area contributed by atoms with Gasteiger partial charge in [-0.25, -0.2) is 4.98 Å². The normalized spacial score (nSPS) is 21.8. The molecule has 0 fully saturated rings. The Bertz CT molecular complexity index is 324. The molecular weight excluding hydrogens is 202 g/mol. The molecule has 1 aliphatic heterocycles. The number of nitrogens with one attached hydrogen (secondary N) is 1. The molecule has 0 bridgehead atoms. The van der Waals surface area contributed by atoms with Crippen LogP contribution in [0.5, 0.6) is 0 Å². The standard InChI is InChI=1S/C12H21N3O/c1-10(9-16-2)14-7-11-3-4-12-13-5-6-15(12)8-11/h5-6,10-11,14H,3-4,7-9H2,1-2H3/t10-,11+/m0/s1. The Morgan fingerprint density at radius 3 is 3.38 bits per heavy atom. The van der Waals surface area contributed by atoms with Gasteiger partial charge >= 0.3 is 0 Å². The highest BCUT2D eigenvalue weighted by atomic mass is 16.5. The molecule has 1 aliphatic rings. The minimum atomic E-state index is 0.439. The number of methoxy groups -OCH3 is 1. The van der Waals surface area contributed by atoms with Crippen molar-refractivity contribution in [2.45, 2.75) is 32.4 Å². The average Bonchev–Trinajstić information content (AvgIpc) is 2.74. The summed E-state index contributed by atoms with van der Waals surface area (Å²) in [5.74, 6) is 1.96. The van der Waals surface area contributed by atoms with Crippen molar-refractivity contribution in [2.75, 3.05) is 20.3 Å². The number of nitrogens with zero attached hydrogens (tertiary/aromatic N) is 2. The molecule has 2 atom stereocenters. The van der Waals surface area contributed by atoms with E-state index >= 15 is 0 Å². The molecule has 0 aromatic carbocycles. The van der Waals surface area contributed by atoms with Gasteiger partial charge in [0.05, 0.1) is 6.61 Å². The Morgan fingerprint density at radius 2 is 2.56 bits per heavy atom. The fraction of sp³-hybridized carbons (Fsp3) is 0.750. The van der Waals surface area contributed by atoms with E-state index in [1.807, 2.05) is 6.20 Å². The number of hydrogen-bond donors (Lipinski definition) is 1. The van der Waals surface area contributed by atoms with Gasteiger partial charge in [-0.15, -0.1) is 0 Å². The Hall–Kier alpha value is -0.870. The summed E-state index contributed by atoms with van der Waals surface area (Å²) in [6, 6.07) is 0.439. The maximum absolute atomic E-state index is 5.11. The van der Waals surface area contributed by atoms with Crippen LogP contribution in [0.4, 0.5) is 0 Å². The lowest BCUT2D eigenvalue weighted by Crippen LogP contribution is -2.37. The van der Waals surface area contributed by atoms with E-state index < -0.39 is 0 Å². The number of fused-ring (bicyclic) bond motifs is 1. The van der Waals surface area contributed by atoms with Gasteiger partial charge in [-0.2, -0.15) is 0 Å². The molecular formula is C12H21N3O. The molecule has 0 saturated heterocycles. The van der Waals surface area contributed by atoms with Crippen LogP contribution in [-0.4, -0.2) is 35.9 Å². The lowest BCUT2D eigenvalue weighted by atomic mass is 9.99. The molecule has 4 heteroatoms. The first-order valence-corrected chi connectivity index (χ1v) is 6.02. The maximum atomic E-state index is 5.11. The van der Waals surface area contributed by atoms with Crippen molar-refractivity contribution in [2.24, 2.45) is 5.92 Å². The van der Waals surface area contributed by atoms with Crippen LogP contribution >= 0.6 is 0 Å². The molecule has 0 saturated carbocycles. The summed E-state index contributed by atoms with van der Waals surface area (Å²) in [6.07, 6.45) is 6.33. The number of aromatic nitrogens is 2. The molecule has 4 nitrogen and oxygen atoms in total. The summed E-state index contributed by atoms with van der Waals surface area (Å²) in [6.45, 7) is 5.11. The first-order valence-electron chi connectivity index (χ1n) is 6.02. The van der Waals surface area contributed by atoms with Crippen molar-refractivity contribution in [3.8, 4) is 0 Å². The van der Waals surface area contributed by atoms with Gasteiger partial charge in [-0.1, -0.05) is 0 Å². The fourth-order valence-corrected chi connectivity index (χ4v) is 2.28. The molecule has 90 valence electrons. The van der Waals surface area contributed by atoms with E-state index in [0.717, 1.165) is 32.0 Å². The topological polar surface area (TPSA) is 39.1 Å². The third-order valence-electron chi connectivity index (χ3n) is 3.20. The Labute approximate surface area is 97.0 Å². The van der Waals surface area contributed by atoms with Gasteiger partial charge in [0.1, 0.15) is 5.82 Å². The van der Waals surface area contributed by atoms with Crippen LogP contribution in [0.15, 0.2) is 12.4 Å². The van der Waals surface area contributed by atoms with Crippen LogP contribution in [0, 0.1) is 5.92 Å². The highest BCUT2D eigenvalue weighted by Crippen LogP contribution is 2.17. The van der Waals surface area contributed by atoms with Crippen molar-refractivity contribution in [3.05, 3.63) is 18.2 Å². The molecule has 1 aromatic heterocycles. The zero-order valence-corrected chi connectivity index (χ0v) is 10.1. The Kier molecular flexibility index (Phi) is 3.96. The minimum absolute atomic E-state index is 0.439. The first kappa shape index (κ1) is 11.6. The first-order chi connectivity index (χ1) is 7.79. The summed E-state index contributed by atoms with van der Waals surface area (Å²) in [7, 11) is 1.75. The third kappa shape index (κ3) is 2.83. The number of aryl methyl sites for hydroxylation is 1. The van der Waals surface area contributed by atoms with Gasteiger partial charge in [-0.3, -0.25) is 0 Å². The zero-order chi connectivity index (χ0) is 11.4. The largest absolute Gasteiger partial charge is 0.383 e. The molecule has 0 spiro atoms. The van der Waals surface area contributed by atoms with Gasteiger partial charge < -0.3 is 14.6 Å². The zero-order valence-electron chi connectivity index (χ0n) is 10.1. The van der Waals surface area contributed by atoms with Gasteiger partial charge in [0.25, 0.3) is 0 Å². The number of rotatable bonds is 5. The summed E-state index contributed by atoms with van der Waals surface area (Å²) >= 11 is 0. The molecule has 0 unspecified atom stereocenters. The van der Waals surface area contributed by atoms with Crippen LogP contribution < -0.4 is 5.32 Å². The molecule has 16 heavy (non-hydrogen) atoms. The molecule has 0 amide bonds. The van der Waals surface area contributed by atoms with Crippen LogP contribution in [0.25, 0.3) is 0 Å². The highest BCUT2D eigenvalue weighted by molar-refractivity contribution is 4.96. The van der Waals surface area contributed by atoms with Gasteiger partial charge in [-0.05, 0) is 19.3 Å². The van der Waals surface area contributed by atoms with E-state index in [0.29, 0.717) is 6.04 Å². The maximum Gasteiger partial charge on any atom is 0.108 e. The smallest absolute Gasteiger partial charge is 0.108 e. The fourth-order valence-electron chi connectivity index (χ4n) is 2.28. The Morgan fingerprint density at radius 1 is 1.69 bits per heavy atom. The second-order valence-corrected chi connectivity index (χ2v) is 4.67. The van der Waals surface area contributed by atoms with E-state index in [1.165, 1.54) is 12.2 Å². The van der Waals surface area contributed by atoms with E-state index in [4.69, 9.17) is 4.74 Å². The van der Waals surface area contributed by atoms with Crippen molar-refractivity contribution in [3.63, 3.8) is 0 Å². The van der Waals surface area contributed by atoms with Gasteiger partial charge in [0.15, 0.2) is 0 Å². The predicted molar refractivity (Wildman–Crippen MR) is 63.4 cm³/mol. The lowest BCUT2D eigenvalue weighted by Gasteiger charge is -2.25. The van der Waals surface area contributed by atoms with Crippen LogP contribution in [-0.2, 0) is 17.7 Å². The number of ether oxygens (including phenoxy) is 1. The monoisotopic (exact) mass is 223 g/mol. The summed E-state index contributed by atoms with van der Waals surface area (Å²) < 4.78 is 7.38. The van der Waals surface area contributed by atoms with Crippen molar-refractivity contribution >= 4 is 0 Å². The van der Waals surface area contributed by atoms with Crippen molar-refractivity contribution in [1.29, 1.82) is 0 Å². The molecule has 0 aliphatic carbocycles. The Balaban J connectivity index is 1.77. The summed E-state index contributed by atoms with van der Waals surface area (Å²) in [5.41, 5.74) is 0. The van der Waals surface area contributed by atoms with E-state index in [1.54, 1.807) is 7.11 Å². The summed E-state index contributed by atoms with van der Waals surface area (Å²) in [5, 5.41) is 3.52. The van der Waals surface area contributed by atoms with Crippen molar-refractivity contribution < 1.29 is 4.74 Å². The molecule has 2 rings (SSSR count). The molecule has 0 radical (unpaired) electrons. The number of hydrogen-bond acceptors (Lipinski definition) is 3. The van der Waals surface area contributed by atoms with E-state index in [-0.39, 0.29) is 0 Å². The highest BCUT2D eigenvalue weighted by Gasteiger charge is 2.18. The number of imidazole rings is 1.